The number of carbonyl (C=O) groups is 1. The average molecular weight is 600 g/mol. The number of rotatable bonds is 7. The van der Waals surface area contributed by atoms with Gasteiger partial charge in [-0.1, -0.05) is 30.8 Å². The fraction of sp³-hybridized carbons (Fsp3) is 0.344. The summed E-state index contributed by atoms with van der Waals surface area (Å²) in [6.07, 6.45) is 3.34. The molecule has 0 spiro atoms. The number of hydrogen-bond donors (Lipinski definition) is 1. The summed E-state index contributed by atoms with van der Waals surface area (Å²) in [5, 5.41) is 21.3. The van der Waals surface area contributed by atoms with Crippen LogP contribution in [0, 0.1) is 17.1 Å². The van der Waals surface area contributed by atoms with Crippen LogP contribution in [0.5, 0.6) is 11.8 Å². The zero-order valence-corrected chi connectivity index (χ0v) is 24.2. The molecule has 44 heavy (non-hydrogen) atoms. The molecule has 0 radical (unpaired) electrons. The van der Waals surface area contributed by atoms with E-state index in [2.05, 4.69) is 32.5 Å². The van der Waals surface area contributed by atoms with Gasteiger partial charge in [-0.05, 0) is 54.9 Å². The monoisotopic (exact) mass is 599 g/mol. The Labute approximate surface area is 252 Å². The van der Waals surface area contributed by atoms with E-state index in [0.717, 1.165) is 30.2 Å². The first-order valence-electron chi connectivity index (χ1n) is 14.4. The Kier molecular flexibility index (Phi) is 7.97. The Morgan fingerprint density at radius 3 is 2.73 bits per heavy atom. The second kappa shape index (κ2) is 12.0. The van der Waals surface area contributed by atoms with E-state index in [9.17, 15) is 19.6 Å². The molecule has 2 fully saturated rings. The molecule has 1 N–H and O–H groups in total. The number of benzene rings is 2. The first-order chi connectivity index (χ1) is 21.2. The second-order valence-electron chi connectivity index (χ2n) is 11.2. The summed E-state index contributed by atoms with van der Waals surface area (Å²) >= 11 is 0. The summed E-state index contributed by atoms with van der Waals surface area (Å²) in [6, 6.07) is 12.0. The van der Waals surface area contributed by atoms with E-state index in [-0.39, 0.29) is 66.3 Å². The normalized spacial score (nSPS) is 19.0. The molecule has 2 aromatic carbocycles. The van der Waals surface area contributed by atoms with E-state index in [1.807, 2.05) is 31.3 Å². The van der Waals surface area contributed by atoms with Crippen molar-refractivity contribution in [2.24, 2.45) is 0 Å². The van der Waals surface area contributed by atoms with Crippen LogP contribution in [0.25, 0.3) is 32.9 Å². The summed E-state index contributed by atoms with van der Waals surface area (Å²) in [6.45, 7) is 4.83. The van der Waals surface area contributed by atoms with Crippen molar-refractivity contribution in [3.05, 3.63) is 60.8 Å². The van der Waals surface area contributed by atoms with Crippen molar-refractivity contribution in [1.29, 1.82) is 5.26 Å². The van der Waals surface area contributed by atoms with Crippen LogP contribution < -0.4 is 9.64 Å². The smallest absolute Gasteiger partial charge is 0.319 e. The molecule has 2 saturated heterocycles. The van der Waals surface area contributed by atoms with Crippen LogP contribution >= 0.6 is 0 Å². The van der Waals surface area contributed by atoms with Crippen molar-refractivity contribution in [2.45, 2.75) is 31.3 Å². The summed E-state index contributed by atoms with van der Waals surface area (Å²) in [4.78, 5) is 31.4. The highest BCUT2D eigenvalue weighted by Crippen LogP contribution is 2.37. The Balaban J connectivity index is 1.45. The molecule has 2 aliphatic heterocycles. The molecule has 6 rings (SSSR count). The summed E-state index contributed by atoms with van der Waals surface area (Å²) in [7, 11) is 2.02. The number of hydrogen-bond acceptors (Lipinski definition) is 9. The van der Waals surface area contributed by atoms with Gasteiger partial charge in [0.15, 0.2) is 17.5 Å². The molecule has 12 heteroatoms. The second-order valence-corrected chi connectivity index (χ2v) is 11.2. The van der Waals surface area contributed by atoms with Crippen molar-refractivity contribution in [1.82, 2.24) is 24.8 Å². The highest BCUT2D eigenvalue weighted by molar-refractivity contribution is 6.00. The Bertz CT molecular complexity index is 1810. The fourth-order valence-corrected chi connectivity index (χ4v) is 6.11. The van der Waals surface area contributed by atoms with Gasteiger partial charge >= 0.3 is 6.01 Å². The van der Waals surface area contributed by atoms with Crippen LogP contribution in [0.4, 0.5) is 14.6 Å². The SMILES string of the molecule is C=C(F)C(=O)N1CCN(c2nc(OCC3CCCN3C)nc3c(F)c(-c4cc(O)cc5ccccc45)cnc23)C[C@@H]1CC#N. The van der Waals surface area contributed by atoms with E-state index in [4.69, 9.17) is 4.74 Å². The standard InChI is InChI=1S/C32H31F2N7O3/c1-19(33)31(43)41-13-12-40(17-21(41)9-10-35)30-29-28(37-32(38-30)44-18-22-7-5-11-39(22)2)27(34)26(16-36-29)25-15-23(42)14-20-6-3-4-8-24(20)25/h3-4,6,8,14-16,21-22,42H,1,5,7,9,11-13,17-18H2,2H3/t21-,22?/m0/s1. The number of aromatic nitrogens is 3. The first kappa shape index (κ1) is 29.2. The Morgan fingerprint density at radius 2 is 1.98 bits per heavy atom. The third-order valence-electron chi connectivity index (χ3n) is 8.43. The summed E-state index contributed by atoms with van der Waals surface area (Å²) < 4.78 is 36.4. The van der Waals surface area contributed by atoms with Crippen LogP contribution in [-0.4, -0.2) is 87.7 Å². The van der Waals surface area contributed by atoms with Crippen molar-refractivity contribution in [2.75, 3.05) is 44.7 Å². The van der Waals surface area contributed by atoms with Gasteiger partial charge in [0, 0.05) is 37.4 Å². The van der Waals surface area contributed by atoms with E-state index in [0.29, 0.717) is 12.2 Å². The number of carbonyl (C=O) groups excluding carboxylic acids is 1. The lowest BCUT2D eigenvalue weighted by Gasteiger charge is -2.41. The number of likely N-dealkylation sites (tertiary alicyclic amines) is 1. The molecule has 2 aromatic heterocycles. The lowest BCUT2D eigenvalue weighted by Crippen LogP contribution is -2.55. The zero-order chi connectivity index (χ0) is 31.0. The molecule has 0 saturated carbocycles. The molecule has 2 aliphatic rings. The summed E-state index contributed by atoms with van der Waals surface area (Å²) in [5.41, 5.74) is 0.707. The van der Waals surface area contributed by atoms with Crippen LogP contribution in [-0.2, 0) is 4.79 Å². The lowest BCUT2D eigenvalue weighted by molar-refractivity contribution is -0.131. The van der Waals surface area contributed by atoms with Gasteiger partial charge in [0.25, 0.3) is 5.91 Å². The van der Waals surface area contributed by atoms with Gasteiger partial charge in [0.05, 0.1) is 18.5 Å². The average Bonchev–Trinajstić information content (AvgIpc) is 3.43. The van der Waals surface area contributed by atoms with Crippen molar-refractivity contribution < 1.29 is 23.4 Å². The number of nitrogens with zero attached hydrogens (tertiary/aromatic N) is 7. The van der Waals surface area contributed by atoms with Gasteiger partial charge in [-0.2, -0.15) is 15.2 Å². The number of nitriles is 1. The molecule has 0 bridgehead atoms. The maximum Gasteiger partial charge on any atom is 0.319 e. The molecular weight excluding hydrogens is 568 g/mol. The number of piperazine rings is 1. The number of aromatic hydroxyl groups is 1. The van der Waals surface area contributed by atoms with E-state index in [1.54, 1.807) is 11.0 Å². The van der Waals surface area contributed by atoms with Crippen molar-refractivity contribution in [3.63, 3.8) is 0 Å². The third kappa shape index (κ3) is 5.46. The van der Waals surface area contributed by atoms with Gasteiger partial charge in [0.2, 0.25) is 0 Å². The molecule has 4 heterocycles. The maximum absolute atomic E-state index is 16.6. The van der Waals surface area contributed by atoms with Crippen molar-refractivity contribution >= 4 is 33.5 Å². The van der Waals surface area contributed by atoms with Crippen LogP contribution in [0.1, 0.15) is 19.3 Å². The number of anilines is 1. The molecular formula is C32H31F2N7O3. The number of phenols is 1. The maximum atomic E-state index is 16.6. The summed E-state index contributed by atoms with van der Waals surface area (Å²) in [5.74, 6) is -2.36. The van der Waals surface area contributed by atoms with Gasteiger partial charge in [0.1, 0.15) is 23.4 Å². The van der Waals surface area contributed by atoms with E-state index >= 15 is 4.39 Å². The number of ether oxygens (including phenoxy) is 1. The largest absolute Gasteiger partial charge is 0.508 e. The number of fused-ring (bicyclic) bond motifs is 2. The van der Waals surface area contributed by atoms with Gasteiger partial charge in [-0.25, -0.2) is 13.8 Å². The fourth-order valence-electron chi connectivity index (χ4n) is 6.11. The highest BCUT2D eigenvalue weighted by Gasteiger charge is 2.34. The van der Waals surface area contributed by atoms with E-state index in [1.165, 1.54) is 17.2 Å². The topological polar surface area (TPSA) is 119 Å². The number of halogens is 2. The van der Waals surface area contributed by atoms with Gasteiger partial charge in [-0.15, -0.1) is 0 Å². The minimum Gasteiger partial charge on any atom is -0.508 e. The molecule has 0 aliphatic carbocycles. The minimum absolute atomic E-state index is 0.0156. The first-order valence-corrected chi connectivity index (χ1v) is 14.4. The molecule has 4 aromatic rings. The minimum atomic E-state index is -1.10. The van der Waals surface area contributed by atoms with Crippen LogP contribution in [0.3, 0.4) is 0 Å². The predicted octanol–water partition coefficient (Wildman–Crippen LogP) is 4.58. The number of pyridine rings is 1. The Hall–Kier alpha value is -4.89. The van der Waals surface area contributed by atoms with Gasteiger partial charge in [-0.3, -0.25) is 4.79 Å². The van der Waals surface area contributed by atoms with E-state index < -0.39 is 23.6 Å². The quantitative estimate of drug-likeness (QED) is 0.305. The van der Waals surface area contributed by atoms with Crippen molar-refractivity contribution in [3.8, 4) is 29.0 Å². The number of phenolic OH excluding ortho intramolecular Hbond substituents is 1. The third-order valence-corrected chi connectivity index (χ3v) is 8.43. The van der Waals surface area contributed by atoms with Crippen LogP contribution in [0.2, 0.25) is 0 Å². The molecule has 2 atom stereocenters. The van der Waals surface area contributed by atoms with Crippen LogP contribution in [0.15, 0.2) is 55.0 Å². The number of likely N-dealkylation sites (N-methyl/N-ethyl adjacent to an activating group) is 1. The lowest BCUT2D eigenvalue weighted by atomic mass is 9.98. The molecule has 10 nitrogen and oxygen atoms in total. The van der Waals surface area contributed by atoms with Gasteiger partial charge < -0.3 is 24.5 Å². The highest BCUT2D eigenvalue weighted by atomic mass is 19.1. The molecule has 1 unspecified atom stereocenters. The predicted molar refractivity (Wildman–Crippen MR) is 161 cm³/mol. The molecule has 226 valence electrons. The Morgan fingerprint density at radius 1 is 1.16 bits per heavy atom. The zero-order valence-electron chi connectivity index (χ0n) is 24.2. The number of amides is 1. The molecule has 1 amide bonds.